The van der Waals surface area contributed by atoms with Crippen LogP contribution in [-0.4, -0.2) is 27.8 Å². The Kier molecular flexibility index (Phi) is 5.81. The third-order valence-corrected chi connectivity index (χ3v) is 5.48. The zero-order valence-corrected chi connectivity index (χ0v) is 15.8. The first kappa shape index (κ1) is 17.9. The Bertz CT molecular complexity index is 659. The number of carbonyl (C=O) groups is 1. The second kappa shape index (κ2) is 7.45. The molecule has 6 heteroatoms. The van der Waals surface area contributed by atoms with Gasteiger partial charge in [-0.3, -0.25) is 4.79 Å². The van der Waals surface area contributed by atoms with Crippen LogP contribution in [0.25, 0.3) is 0 Å². The van der Waals surface area contributed by atoms with Crippen LogP contribution in [0.4, 0.5) is 5.13 Å². The number of benzene rings is 1. The topological polar surface area (TPSA) is 54.9 Å². The van der Waals surface area contributed by atoms with E-state index in [1.165, 1.54) is 28.7 Å². The number of nitrogens with zero attached hydrogens (tertiary/aromatic N) is 2. The summed E-state index contributed by atoms with van der Waals surface area (Å²) in [6.07, 6.45) is 0. The summed E-state index contributed by atoms with van der Waals surface area (Å²) in [5.41, 5.74) is 2.07. The lowest BCUT2D eigenvalue weighted by Crippen LogP contribution is -2.15. The van der Waals surface area contributed by atoms with Crippen molar-refractivity contribution in [2.24, 2.45) is 0 Å². The van der Waals surface area contributed by atoms with Crippen LogP contribution < -0.4 is 5.32 Å². The SMILES string of the molecule is CCNc1nnc(SC(C)C(=O)c2ccc(C(C)(C)C)cc2)s1. The first-order chi connectivity index (χ1) is 10.8. The van der Waals surface area contributed by atoms with Gasteiger partial charge in [-0.05, 0) is 24.8 Å². The van der Waals surface area contributed by atoms with Crippen molar-refractivity contribution in [3.05, 3.63) is 35.4 Å². The van der Waals surface area contributed by atoms with E-state index in [9.17, 15) is 4.79 Å². The summed E-state index contributed by atoms with van der Waals surface area (Å²) in [5, 5.41) is 11.9. The molecular weight excluding hydrogens is 326 g/mol. The van der Waals surface area contributed by atoms with E-state index in [2.05, 4.69) is 36.3 Å². The quantitative estimate of drug-likeness (QED) is 0.608. The van der Waals surface area contributed by atoms with Crippen LogP contribution in [0.2, 0.25) is 0 Å². The maximum absolute atomic E-state index is 12.6. The monoisotopic (exact) mass is 349 g/mol. The minimum Gasteiger partial charge on any atom is -0.360 e. The van der Waals surface area contributed by atoms with Crippen LogP contribution in [0.15, 0.2) is 28.6 Å². The van der Waals surface area contributed by atoms with E-state index in [0.29, 0.717) is 0 Å². The Balaban J connectivity index is 2.03. The summed E-state index contributed by atoms with van der Waals surface area (Å²) < 4.78 is 0.813. The van der Waals surface area contributed by atoms with Crippen molar-refractivity contribution in [1.29, 1.82) is 0 Å². The van der Waals surface area contributed by atoms with E-state index >= 15 is 0 Å². The Hall–Kier alpha value is -1.40. The van der Waals surface area contributed by atoms with Gasteiger partial charge in [0.05, 0.1) is 5.25 Å². The van der Waals surface area contributed by atoms with Crippen LogP contribution in [0, 0.1) is 0 Å². The molecule has 124 valence electrons. The molecule has 0 aliphatic heterocycles. The molecule has 1 N–H and O–H groups in total. The van der Waals surface area contributed by atoms with Crippen LogP contribution in [0.3, 0.4) is 0 Å². The molecule has 0 fully saturated rings. The molecule has 0 spiro atoms. The molecular formula is C17H23N3OS2. The van der Waals surface area contributed by atoms with Gasteiger partial charge in [0.25, 0.3) is 0 Å². The van der Waals surface area contributed by atoms with E-state index in [4.69, 9.17) is 0 Å². The van der Waals surface area contributed by atoms with Crippen molar-refractivity contribution < 1.29 is 4.79 Å². The highest BCUT2D eigenvalue weighted by Gasteiger charge is 2.20. The molecule has 0 aliphatic rings. The number of Topliss-reactive ketones (excluding diaryl/α,β-unsaturated/α-hetero) is 1. The molecule has 0 saturated heterocycles. The maximum atomic E-state index is 12.6. The number of aromatic nitrogens is 2. The van der Waals surface area contributed by atoms with Crippen molar-refractivity contribution in [2.45, 2.75) is 49.6 Å². The number of hydrogen-bond donors (Lipinski definition) is 1. The molecule has 1 aromatic heterocycles. The lowest BCUT2D eigenvalue weighted by Gasteiger charge is -2.19. The first-order valence-corrected chi connectivity index (χ1v) is 9.39. The molecule has 1 atom stereocenters. The summed E-state index contributed by atoms with van der Waals surface area (Å²) in [6.45, 7) is 11.2. The van der Waals surface area contributed by atoms with Gasteiger partial charge in [-0.15, -0.1) is 10.2 Å². The summed E-state index contributed by atoms with van der Waals surface area (Å²) in [6, 6.07) is 7.92. The molecule has 2 aromatic rings. The third kappa shape index (κ3) is 4.78. The minimum absolute atomic E-state index is 0.0944. The van der Waals surface area contributed by atoms with Gasteiger partial charge < -0.3 is 5.32 Å². The Labute approximate surface area is 146 Å². The molecule has 1 heterocycles. The predicted octanol–water partition coefficient (Wildman–Crippen LogP) is 4.63. The Morgan fingerprint density at radius 3 is 2.48 bits per heavy atom. The van der Waals surface area contributed by atoms with Gasteiger partial charge in [0.15, 0.2) is 10.1 Å². The Morgan fingerprint density at radius 1 is 1.26 bits per heavy atom. The molecule has 4 nitrogen and oxygen atoms in total. The average Bonchev–Trinajstić information content (AvgIpc) is 2.93. The molecule has 0 radical (unpaired) electrons. The molecule has 0 bridgehead atoms. The molecule has 23 heavy (non-hydrogen) atoms. The van der Waals surface area contributed by atoms with Crippen LogP contribution in [0.1, 0.15) is 50.5 Å². The van der Waals surface area contributed by atoms with Crippen molar-refractivity contribution in [3.63, 3.8) is 0 Å². The number of nitrogens with one attached hydrogen (secondary N) is 1. The zero-order chi connectivity index (χ0) is 17.0. The third-order valence-electron chi connectivity index (χ3n) is 3.42. The summed E-state index contributed by atoms with van der Waals surface area (Å²) in [7, 11) is 0. The molecule has 1 aromatic carbocycles. The number of anilines is 1. The lowest BCUT2D eigenvalue weighted by molar-refractivity contribution is 0.0994. The van der Waals surface area contributed by atoms with Gasteiger partial charge >= 0.3 is 0 Å². The van der Waals surface area contributed by atoms with Gasteiger partial charge in [-0.2, -0.15) is 0 Å². The van der Waals surface area contributed by atoms with Crippen molar-refractivity contribution in [1.82, 2.24) is 10.2 Å². The number of hydrogen-bond acceptors (Lipinski definition) is 6. The highest BCUT2D eigenvalue weighted by Crippen LogP contribution is 2.30. The normalized spacial score (nSPS) is 12.9. The van der Waals surface area contributed by atoms with Gasteiger partial charge in [-0.1, -0.05) is 68.1 Å². The lowest BCUT2D eigenvalue weighted by atomic mass is 9.86. The van der Waals surface area contributed by atoms with E-state index in [1.807, 2.05) is 38.1 Å². The fourth-order valence-corrected chi connectivity index (χ4v) is 4.10. The smallest absolute Gasteiger partial charge is 0.206 e. The number of carbonyl (C=O) groups excluding carboxylic acids is 1. The largest absolute Gasteiger partial charge is 0.360 e. The zero-order valence-electron chi connectivity index (χ0n) is 14.2. The molecule has 0 amide bonds. The highest BCUT2D eigenvalue weighted by molar-refractivity contribution is 8.02. The second-order valence-electron chi connectivity index (χ2n) is 6.36. The van der Waals surface area contributed by atoms with Crippen molar-refractivity contribution in [2.75, 3.05) is 11.9 Å². The fraction of sp³-hybridized carbons (Fsp3) is 0.471. The summed E-state index contributed by atoms with van der Waals surface area (Å²) >= 11 is 2.94. The van der Waals surface area contributed by atoms with Crippen molar-refractivity contribution >= 4 is 34.0 Å². The molecule has 2 rings (SSSR count). The van der Waals surface area contributed by atoms with Gasteiger partial charge in [0.2, 0.25) is 5.13 Å². The van der Waals surface area contributed by atoms with E-state index in [0.717, 1.165) is 21.6 Å². The predicted molar refractivity (Wildman–Crippen MR) is 98.9 cm³/mol. The van der Waals surface area contributed by atoms with Gasteiger partial charge in [0.1, 0.15) is 0 Å². The Morgan fingerprint density at radius 2 is 1.91 bits per heavy atom. The highest BCUT2D eigenvalue weighted by atomic mass is 32.2. The first-order valence-electron chi connectivity index (χ1n) is 7.70. The van der Waals surface area contributed by atoms with Crippen LogP contribution >= 0.6 is 23.1 Å². The van der Waals surface area contributed by atoms with Gasteiger partial charge in [0, 0.05) is 12.1 Å². The van der Waals surface area contributed by atoms with Crippen LogP contribution in [0.5, 0.6) is 0 Å². The molecule has 0 saturated carbocycles. The van der Waals surface area contributed by atoms with Crippen molar-refractivity contribution in [3.8, 4) is 0 Å². The summed E-state index contributed by atoms with van der Waals surface area (Å²) in [4.78, 5) is 12.6. The number of ketones is 1. The second-order valence-corrected chi connectivity index (χ2v) is 8.92. The van der Waals surface area contributed by atoms with Gasteiger partial charge in [-0.25, -0.2) is 0 Å². The number of rotatable bonds is 6. The maximum Gasteiger partial charge on any atom is 0.206 e. The van der Waals surface area contributed by atoms with E-state index < -0.39 is 0 Å². The molecule has 0 aliphatic carbocycles. The standard InChI is InChI=1S/C17H23N3OS2/c1-6-18-15-19-20-16(23-15)22-11(2)14(21)12-7-9-13(10-8-12)17(3,4)5/h7-11H,6H2,1-5H3,(H,18,19). The van der Waals surface area contributed by atoms with E-state index in [-0.39, 0.29) is 16.4 Å². The average molecular weight is 350 g/mol. The fourth-order valence-electron chi connectivity index (χ4n) is 2.05. The number of thioether (sulfide) groups is 1. The summed E-state index contributed by atoms with van der Waals surface area (Å²) in [5.74, 6) is 0.121. The molecule has 1 unspecified atom stereocenters. The minimum atomic E-state index is -0.182. The van der Waals surface area contributed by atoms with E-state index in [1.54, 1.807) is 0 Å². The van der Waals surface area contributed by atoms with Crippen LogP contribution in [-0.2, 0) is 5.41 Å².